The van der Waals surface area contributed by atoms with Gasteiger partial charge >= 0.3 is 0 Å². The lowest BCUT2D eigenvalue weighted by atomic mass is 9.86. The Bertz CT molecular complexity index is 744. The van der Waals surface area contributed by atoms with E-state index in [-0.39, 0.29) is 24.0 Å². The lowest BCUT2D eigenvalue weighted by molar-refractivity contribution is -0.123. The standard InChI is InChI=1S/C24H34N2O2/c1-7-18-8-14-21(15-9-18)28-17-23(27)25-16-22(26(5)6)19-10-12-20(13-11-19)24(2,3)4/h8-15,22H,7,16-17H2,1-6H3,(H,25,27)/t22-/m0/s1. The molecule has 0 saturated heterocycles. The SMILES string of the molecule is CCc1ccc(OCC(=O)NC[C@@H](c2ccc(C(C)(C)C)cc2)N(C)C)cc1. The van der Waals surface area contributed by atoms with Crippen molar-refractivity contribution in [1.29, 1.82) is 0 Å². The van der Waals surface area contributed by atoms with Gasteiger partial charge in [0.15, 0.2) is 6.61 Å². The first-order chi connectivity index (χ1) is 13.2. The molecule has 1 amide bonds. The first-order valence-electron chi connectivity index (χ1n) is 9.96. The zero-order chi connectivity index (χ0) is 20.7. The fourth-order valence-corrected chi connectivity index (χ4v) is 3.04. The van der Waals surface area contributed by atoms with Crippen LogP contribution in [0.5, 0.6) is 5.75 Å². The zero-order valence-electron chi connectivity index (χ0n) is 18.1. The third-order valence-electron chi connectivity index (χ3n) is 4.98. The maximum atomic E-state index is 12.2. The van der Waals surface area contributed by atoms with Gasteiger partial charge in [-0.15, -0.1) is 0 Å². The topological polar surface area (TPSA) is 41.6 Å². The van der Waals surface area contributed by atoms with Crippen molar-refractivity contribution in [3.05, 3.63) is 65.2 Å². The highest BCUT2D eigenvalue weighted by Crippen LogP contribution is 2.25. The molecule has 4 nitrogen and oxygen atoms in total. The molecular weight excluding hydrogens is 348 g/mol. The van der Waals surface area contributed by atoms with Gasteiger partial charge in [-0.05, 0) is 54.8 Å². The molecule has 2 aromatic rings. The highest BCUT2D eigenvalue weighted by Gasteiger charge is 2.18. The Labute approximate surface area is 169 Å². The number of carbonyl (C=O) groups excluding carboxylic acids is 1. The van der Waals surface area contributed by atoms with E-state index in [0.29, 0.717) is 12.3 Å². The predicted octanol–water partition coefficient (Wildman–Crippen LogP) is 4.34. The van der Waals surface area contributed by atoms with E-state index >= 15 is 0 Å². The van der Waals surface area contributed by atoms with Crippen molar-refractivity contribution < 1.29 is 9.53 Å². The molecule has 0 fully saturated rings. The maximum absolute atomic E-state index is 12.2. The number of hydrogen-bond donors (Lipinski definition) is 1. The Kier molecular flexibility index (Phi) is 7.64. The third-order valence-corrected chi connectivity index (χ3v) is 4.98. The number of hydrogen-bond acceptors (Lipinski definition) is 3. The molecule has 2 aromatic carbocycles. The second kappa shape index (κ2) is 9.74. The molecule has 2 rings (SSSR count). The van der Waals surface area contributed by atoms with Gasteiger partial charge in [-0.25, -0.2) is 0 Å². The summed E-state index contributed by atoms with van der Waals surface area (Å²) in [6.45, 7) is 9.30. The number of nitrogens with one attached hydrogen (secondary N) is 1. The molecule has 0 radical (unpaired) electrons. The summed E-state index contributed by atoms with van der Waals surface area (Å²) in [4.78, 5) is 14.4. The smallest absolute Gasteiger partial charge is 0.258 e. The van der Waals surface area contributed by atoms with E-state index in [1.165, 1.54) is 16.7 Å². The molecule has 0 saturated carbocycles. The quantitative estimate of drug-likeness (QED) is 0.738. The summed E-state index contributed by atoms with van der Waals surface area (Å²) in [5, 5.41) is 2.99. The van der Waals surface area contributed by atoms with Crippen molar-refractivity contribution in [2.75, 3.05) is 27.2 Å². The van der Waals surface area contributed by atoms with Crippen LogP contribution in [-0.2, 0) is 16.6 Å². The number of aryl methyl sites for hydroxylation is 1. The van der Waals surface area contributed by atoms with E-state index in [1.54, 1.807) is 0 Å². The molecular formula is C24H34N2O2. The second-order valence-corrected chi connectivity index (χ2v) is 8.44. The summed E-state index contributed by atoms with van der Waals surface area (Å²) in [6, 6.07) is 16.6. The van der Waals surface area contributed by atoms with Crippen molar-refractivity contribution in [3.63, 3.8) is 0 Å². The van der Waals surface area contributed by atoms with Gasteiger partial charge in [0.2, 0.25) is 0 Å². The number of likely N-dealkylation sites (N-methyl/N-ethyl adjacent to an activating group) is 1. The van der Waals surface area contributed by atoms with Crippen molar-refractivity contribution in [2.24, 2.45) is 0 Å². The Morgan fingerprint density at radius 3 is 2.14 bits per heavy atom. The van der Waals surface area contributed by atoms with Crippen LogP contribution in [0.1, 0.15) is 50.4 Å². The molecule has 0 aromatic heterocycles. The van der Waals surface area contributed by atoms with E-state index in [4.69, 9.17) is 4.74 Å². The van der Waals surface area contributed by atoms with Gasteiger partial charge in [-0.1, -0.05) is 64.1 Å². The monoisotopic (exact) mass is 382 g/mol. The number of amides is 1. The molecule has 1 N–H and O–H groups in total. The van der Waals surface area contributed by atoms with Crippen LogP contribution in [0.4, 0.5) is 0 Å². The molecule has 0 aliphatic rings. The van der Waals surface area contributed by atoms with Crippen LogP contribution < -0.4 is 10.1 Å². The van der Waals surface area contributed by atoms with Gasteiger partial charge in [0.1, 0.15) is 5.75 Å². The lowest BCUT2D eigenvalue weighted by Crippen LogP contribution is -2.36. The molecule has 1 atom stereocenters. The maximum Gasteiger partial charge on any atom is 0.258 e. The molecule has 0 spiro atoms. The van der Waals surface area contributed by atoms with E-state index in [2.05, 4.69) is 62.2 Å². The molecule has 28 heavy (non-hydrogen) atoms. The van der Waals surface area contributed by atoms with Crippen molar-refractivity contribution in [3.8, 4) is 5.75 Å². The van der Waals surface area contributed by atoms with Gasteiger partial charge in [-0.3, -0.25) is 4.79 Å². The largest absolute Gasteiger partial charge is 0.484 e. The van der Waals surface area contributed by atoms with Gasteiger partial charge in [0, 0.05) is 6.54 Å². The summed E-state index contributed by atoms with van der Waals surface area (Å²) in [6.07, 6.45) is 0.990. The first-order valence-corrected chi connectivity index (χ1v) is 9.96. The number of nitrogens with zero attached hydrogens (tertiary/aromatic N) is 1. The molecule has 0 heterocycles. The Morgan fingerprint density at radius 2 is 1.64 bits per heavy atom. The average Bonchev–Trinajstić information content (AvgIpc) is 2.66. The third kappa shape index (κ3) is 6.38. The number of benzene rings is 2. The number of ether oxygens (including phenoxy) is 1. The van der Waals surface area contributed by atoms with E-state index in [9.17, 15) is 4.79 Å². The van der Waals surface area contributed by atoms with Crippen LogP contribution in [0.3, 0.4) is 0 Å². The van der Waals surface area contributed by atoms with E-state index < -0.39 is 0 Å². The van der Waals surface area contributed by atoms with Crippen LogP contribution >= 0.6 is 0 Å². The Morgan fingerprint density at radius 1 is 1.04 bits per heavy atom. The molecule has 4 heteroatoms. The number of carbonyl (C=O) groups is 1. The minimum Gasteiger partial charge on any atom is -0.484 e. The minimum absolute atomic E-state index is 0.0224. The van der Waals surface area contributed by atoms with Crippen molar-refractivity contribution in [2.45, 2.75) is 45.6 Å². The fourth-order valence-electron chi connectivity index (χ4n) is 3.04. The van der Waals surface area contributed by atoms with Crippen LogP contribution in [0.2, 0.25) is 0 Å². The molecule has 0 aliphatic carbocycles. The second-order valence-electron chi connectivity index (χ2n) is 8.44. The average molecular weight is 383 g/mol. The fraction of sp³-hybridized carbons (Fsp3) is 0.458. The summed E-state index contributed by atoms with van der Waals surface area (Å²) >= 11 is 0. The predicted molar refractivity (Wildman–Crippen MR) is 116 cm³/mol. The summed E-state index contributed by atoms with van der Waals surface area (Å²) in [5.74, 6) is 0.604. The zero-order valence-corrected chi connectivity index (χ0v) is 18.1. The van der Waals surface area contributed by atoms with Crippen molar-refractivity contribution in [1.82, 2.24) is 10.2 Å². The summed E-state index contributed by atoms with van der Waals surface area (Å²) in [5.41, 5.74) is 3.88. The highest BCUT2D eigenvalue weighted by atomic mass is 16.5. The highest BCUT2D eigenvalue weighted by molar-refractivity contribution is 5.77. The Hall–Kier alpha value is -2.33. The van der Waals surface area contributed by atoms with Crippen molar-refractivity contribution >= 4 is 5.91 Å². The van der Waals surface area contributed by atoms with Crippen LogP contribution in [0.25, 0.3) is 0 Å². The minimum atomic E-state index is -0.113. The first kappa shape index (κ1) is 22.0. The molecule has 152 valence electrons. The van der Waals surface area contributed by atoms with Gasteiger partial charge in [0.25, 0.3) is 5.91 Å². The summed E-state index contributed by atoms with van der Waals surface area (Å²) < 4.78 is 5.59. The lowest BCUT2D eigenvalue weighted by Gasteiger charge is -2.26. The number of rotatable bonds is 8. The van der Waals surface area contributed by atoms with Crippen LogP contribution in [-0.4, -0.2) is 38.1 Å². The van der Waals surface area contributed by atoms with Crippen LogP contribution in [0.15, 0.2) is 48.5 Å². The Balaban J connectivity index is 1.90. The summed E-state index contributed by atoms with van der Waals surface area (Å²) in [7, 11) is 4.06. The van der Waals surface area contributed by atoms with Gasteiger partial charge < -0.3 is 15.0 Å². The van der Waals surface area contributed by atoms with Crippen LogP contribution in [0, 0.1) is 0 Å². The normalized spacial score (nSPS) is 12.7. The van der Waals surface area contributed by atoms with Gasteiger partial charge in [-0.2, -0.15) is 0 Å². The van der Waals surface area contributed by atoms with Gasteiger partial charge in [0.05, 0.1) is 6.04 Å². The molecule has 0 unspecified atom stereocenters. The molecule has 0 bridgehead atoms. The van der Waals surface area contributed by atoms with E-state index in [1.807, 2.05) is 38.4 Å². The van der Waals surface area contributed by atoms with E-state index in [0.717, 1.165) is 6.42 Å². The molecule has 0 aliphatic heterocycles.